The third kappa shape index (κ3) is 2.86. The maximum Gasteiger partial charge on any atom is 0.254 e. The van der Waals surface area contributed by atoms with Crippen LogP contribution in [0.4, 0.5) is 5.69 Å². The Morgan fingerprint density at radius 1 is 1.17 bits per heavy atom. The number of hydrogen-bond acceptors (Lipinski definition) is 4. The van der Waals surface area contributed by atoms with Gasteiger partial charge in [-0.15, -0.1) is 0 Å². The predicted molar refractivity (Wildman–Crippen MR) is 113 cm³/mol. The predicted octanol–water partition coefficient (Wildman–Crippen LogP) is 4.63. The number of nitrogens with zero attached hydrogens (tertiary/aromatic N) is 2. The van der Waals surface area contributed by atoms with Crippen molar-refractivity contribution in [2.75, 3.05) is 5.73 Å². The average Bonchev–Trinajstić information content (AvgIpc) is 2.94. The van der Waals surface area contributed by atoms with E-state index >= 15 is 0 Å². The van der Waals surface area contributed by atoms with Gasteiger partial charge in [0.2, 0.25) is 0 Å². The maximum atomic E-state index is 13.1. The van der Waals surface area contributed by atoms with E-state index in [1.807, 2.05) is 17.0 Å². The van der Waals surface area contributed by atoms with Crippen molar-refractivity contribution >= 4 is 23.2 Å². The second kappa shape index (κ2) is 6.40. The van der Waals surface area contributed by atoms with Gasteiger partial charge in [0.1, 0.15) is 17.9 Å². The number of carbonyl (C=O) groups is 1. The van der Waals surface area contributed by atoms with Gasteiger partial charge in [-0.25, -0.2) is 0 Å². The number of hydrogen-bond donors (Lipinski definition) is 1. The van der Waals surface area contributed by atoms with Crippen molar-refractivity contribution in [2.45, 2.75) is 46.4 Å². The molecule has 0 aromatic heterocycles. The van der Waals surface area contributed by atoms with E-state index in [0.29, 0.717) is 28.6 Å². The van der Waals surface area contributed by atoms with Crippen molar-refractivity contribution in [3.8, 4) is 11.8 Å². The van der Waals surface area contributed by atoms with E-state index in [2.05, 4.69) is 33.8 Å². The number of nitrogen functional groups attached to an aromatic ring is 1. The first-order valence-electron chi connectivity index (χ1n) is 9.63. The molecule has 2 aromatic carbocycles. The van der Waals surface area contributed by atoms with Crippen molar-refractivity contribution in [1.29, 1.82) is 5.26 Å². The van der Waals surface area contributed by atoms with Gasteiger partial charge >= 0.3 is 0 Å². The molecule has 1 aliphatic carbocycles. The van der Waals surface area contributed by atoms with Crippen molar-refractivity contribution < 1.29 is 9.53 Å². The van der Waals surface area contributed by atoms with Gasteiger partial charge in [-0.05, 0) is 35.9 Å². The van der Waals surface area contributed by atoms with Crippen molar-refractivity contribution in [3.05, 3.63) is 58.1 Å². The fourth-order valence-electron chi connectivity index (χ4n) is 5.58. The third-order valence-corrected chi connectivity index (χ3v) is 6.66. The molecule has 1 saturated carbocycles. The third-order valence-electron chi connectivity index (χ3n) is 6.35. The van der Waals surface area contributed by atoms with Crippen LogP contribution < -0.4 is 10.5 Å². The van der Waals surface area contributed by atoms with Gasteiger partial charge in [-0.3, -0.25) is 4.79 Å². The first-order chi connectivity index (χ1) is 13.6. The van der Waals surface area contributed by atoms with E-state index in [9.17, 15) is 4.79 Å². The molecule has 0 spiro atoms. The van der Waals surface area contributed by atoms with Gasteiger partial charge in [0.15, 0.2) is 0 Å². The minimum absolute atomic E-state index is 0.00924. The molecule has 0 bridgehead atoms. The molecular weight excluding hydrogens is 386 g/mol. The Morgan fingerprint density at radius 2 is 1.86 bits per heavy atom. The minimum Gasteiger partial charge on any atom is -0.489 e. The van der Waals surface area contributed by atoms with Crippen LogP contribution in [0.15, 0.2) is 36.4 Å². The monoisotopic (exact) mass is 409 g/mol. The van der Waals surface area contributed by atoms with E-state index in [1.165, 1.54) is 0 Å². The fraction of sp³-hybridized carbons (Fsp3) is 0.391. The van der Waals surface area contributed by atoms with Gasteiger partial charge in [0, 0.05) is 40.7 Å². The van der Waals surface area contributed by atoms with Gasteiger partial charge in [0.05, 0.1) is 10.6 Å². The lowest BCUT2D eigenvalue weighted by Gasteiger charge is -2.65. The molecule has 150 valence electrons. The summed E-state index contributed by atoms with van der Waals surface area (Å²) in [7, 11) is 0. The van der Waals surface area contributed by atoms with Crippen LogP contribution in [0.3, 0.4) is 0 Å². The normalized spacial score (nSPS) is 23.9. The lowest BCUT2D eigenvalue weighted by atomic mass is 9.49. The van der Waals surface area contributed by atoms with Crippen molar-refractivity contribution in [1.82, 2.24) is 4.90 Å². The lowest BCUT2D eigenvalue weighted by molar-refractivity contribution is -0.199. The smallest absolute Gasteiger partial charge is 0.254 e. The average molecular weight is 410 g/mol. The number of carbonyl (C=O) groups excluding carboxylic acids is 1. The summed E-state index contributed by atoms with van der Waals surface area (Å²) in [6.07, 6.45) is -0.120. The van der Waals surface area contributed by atoms with Crippen LogP contribution in [-0.2, 0) is 6.54 Å². The molecule has 2 aliphatic rings. The highest BCUT2D eigenvalue weighted by Gasteiger charge is 2.66. The Kier molecular flexibility index (Phi) is 4.32. The summed E-state index contributed by atoms with van der Waals surface area (Å²) in [5, 5.41) is 9.44. The standard InChI is InChI=1S/C23H24ClN3O2/c1-22(2)20(27-12-14-9-15(26)6-8-17(14)19(27)28)23(3,4)21(22)29-16-7-5-13(11-25)18(24)10-16/h5-10,20-21H,12,26H2,1-4H3. The highest BCUT2D eigenvalue weighted by Crippen LogP contribution is 2.59. The van der Waals surface area contributed by atoms with Crippen LogP contribution in [0.1, 0.15) is 49.2 Å². The van der Waals surface area contributed by atoms with E-state index in [4.69, 9.17) is 27.3 Å². The van der Waals surface area contributed by atoms with Crippen LogP contribution in [-0.4, -0.2) is 23.0 Å². The topological polar surface area (TPSA) is 79.3 Å². The molecule has 1 heterocycles. The number of rotatable bonds is 3. The molecule has 5 nitrogen and oxygen atoms in total. The van der Waals surface area contributed by atoms with Crippen LogP contribution in [0.2, 0.25) is 5.02 Å². The van der Waals surface area contributed by atoms with Gasteiger partial charge in [0.25, 0.3) is 5.91 Å². The molecule has 6 heteroatoms. The number of benzene rings is 2. The van der Waals surface area contributed by atoms with Crippen LogP contribution in [0.25, 0.3) is 0 Å². The molecule has 1 fully saturated rings. The van der Waals surface area contributed by atoms with Gasteiger partial charge < -0.3 is 15.4 Å². The largest absolute Gasteiger partial charge is 0.489 e. The van der Waals surface area contributed by atoms with E-state index < -0.39 is 0 Å². The zero-order valence-corrected chi connectivity index (χ0v) is 17.7. The SMILES string of the molecule is CC1(C)C(Oc2ccc(C#N)c(Cl)c2)C(C)(C)C1N1Cc2cc(N)ccc2C1=O. The highest BCUT2D eigenvalue weighted by molar-refractivity contribution is 6.31. The van der Waals surface area contributed by atoms with Crippen LogP contribution >= 0.6 is 11.6 Å². The first kappa shape index (κ1) is 19.6. The van der Waals surface area contributed by atoms with Crippen LogP contribution in [0, 0.1) is 22.2 Å². The van der Waals surface area contributed by atoms with Gasteiger partial charge in [-0.1, -0.05) is 39.3 Å². The molecule has 0 atom stereocenters. The Balaban J connectivity index is 1.60. The number of halogens is 1. The number of nitrogens with two attached hydrogens (primary N) is 1. The Hall–Kier alpha value is -2.71. The molecule has 2 N–H and O–H groups in total. The minimum atomic E-state index is -0.271. The lowest BCUT2D eigenvalue weighted by Crippen LogP contribution is -2.74. The number of nitriles is 1. The quantitative estimate of drug-likeness (QED) is 0.749. The van der Waals surface area contributed by atoms with E-state index in [0.717, 1.165) is 11.1 Å². The highest BCUT2D eigenvalue weighted by atomic mass is 35.5. The van der Waals surface area contributed by atoms with Crippen molar-refractivity contribution in [2.24, 2.45) is 10.8 Å². The second-order valence-corrected chi connectivity index (χ2v) is 9.55. The maximum absolute atomic E-state index is 13.1. The summed E-state index contributed by atoms with van der Waals surface area (Å²) in [5.74, 6) is 0.674. The summed E-state index contributed by atoms with van der Waals surface area (Å²) in [5.41, 5.74) is 8.17. The summed E-state index contributed by atoms with van der Waals surface area (Å²) in [6, 6.07) is 12.7. The number of anilines is 1. The zero-order chi connectivity index (χ0) is 21.1. The molecule has 4 rings (SSSR count). The summed E-state index contributed by atoms with van der Waals surface area (Å²) in [6.45, 7) is 9.08. The number of ether oxygens (including phenoxy) is 1. The van der Waals surface area contributed by atoms with Crippen LogP contribution in [0.5, 0.6) is 5.75 Å². The molecule has 1 aliphatic heterocycles. The number of fused-ring (bicyclic) bond motifs is 1. The summed E-state index contributed by atoms with van der Waals surface area (Å²) >= 11 is 6.17. The van der Waals surface area contributed by atoms with Crippen molar-refractivity contribution in [3.63, 3.8) is 0 Å². The molecule has 2 aromatic rings. The molecular formula is C23H24ClN3O2. The molecule has 0 radical (unpaired) electrons. The molecule has 0 unspecified atom stereocenters. The first-order valence-corrected chi connectivity index (χ1v) is 10.0. The fourth-order valence-corrected chi connectivity index (χ4v) is 5.80. The molecule has 1 amide bonds. The summed E-state index contributed by atoms with van der Waals surface area (Å²) in [4.78, 5) is 15.0. The second-order valence-electron chi connectivity index (χ2n) is 9.15. The van der Waals surface area contributed by atoms with E-state index in [1.54, 1.807) is 24.3 Å². The van der Waals surface area contributed by atoms with Gasteiger partial charge in [-0.2, -0.15) is 5.26 Å². The Morgan fingerprint density at radius 3 is 2.48 bits per heavy atom. The summed E-state index contributed by atoms with van der Waals surface area (Å²) < 4.78 is 6.33. The molecule has 29 heavy (non-hydrogen) atoms. The Labute approximate surface area is 176 Å². The Bertz CT molecular complexity index is 1040. The number of amides is 1. The zero-order valence-electron chi connectivity index (χ0n) is 17.0. The molecule has 0 saturated heterocycles. The van der Waals surface area contributed by atoms with E-state index in [-0.39, 0.29) is 28.9 Å².